The lowest BCUT2D eigenvalue weighted by molar-refractivity contribution is 0.469. The van der Waals surface area contributed by atoms with Gasteiger partial charge in [-0.3, -0.25) is 4.98 Å². The summed E-state index contributed by atoms with van der Waals surface area (Å²) in [6, 6.07) is 14.5. The molecule has 0 saturated carbocycles. The number of nitrogen functional groups attached to an aromatic ring is 1. The number of halogens is 2. The van der Waals surface area contributed by atoms with Crippen LogP contribution in [0.4, 0.5) is 17.2 Å². The van der Waals surface area contributed by atoms with Crippen LogP contribution in [0.15, 0.2) is 61.1 Å². The van der Waals surface area contributed by atoms with E-state index in [1.54, 1.807) is 30.5 Å². The molecule has 4 aromatic rings. The van der Waals surface area contributed by atoms with Gasteiger partial charge in [-0.2, -0.15) is 4.98 Å². The number of fused-ring (bicyclic) bond motifs is 1. The number of ether oxygens (including phenoxy) is 1. The Morgan fingerprint density at radius 1 is 0.963 bits per heavy atom. The van der Waals surface area contributed by atoms with Crippen LogP contribution in [0.2, 0.25) is 10.0 Å². The molecule has 0 fully saturated rings. The predicted molar refractivity (Wildman–Crippen MR) is 108 cm³/mol. The fourth-order valence-corrected chi connectivity index (χ4v) is 2.88. The number of hydrogen-bond acceptors (Lipinski definition) is 6. The molecule has 0 unspecified atom stereocenters. The highest BCUT2D eigenvalue weighted by Crippen LogP contribution is 2.35. The molecule has 2 aromatic heterocycles. The maximum atomic E-state index is 6.20. The van der Waals surface area contributed by atoms with Gasteiger partial charge in [-0.05, 0) is 30.3 Å². The molecule has 0 bridgehead atoms. The van der Waals surface area contributed by atoms with Crippen molar-refractivity contribution in [2.45, 2.75) is 0 Å². The van der Waals surface area contributed by atoms with Gasteiger partial charge in [-0.1, -0.05) is 41.4 Å². The Kier molecular flexibility index (Phi) is 4.66. The molecular weight excluding hydrogens is 385 g/mol. The minimum absolute atomic E-state index is 0.212. The molecule has 0 atom stereocenters. The maximum Gasteiger partial charge on any atom is 0.248 e. The quantitative estimate of drug-likeness (QED) is 0.476. The summed E-state index contributed by atoms with van der Waals surface area (Å²) in [6.45, 7) is 0. The maximum absolute atomic E-state index is 6.20. The van der Waals surface area contributed by atoms with Gasteiger partial charge in [-0.15, -0.1) is 0 Å². The van der Waals surface area contributed by atoms with Crippen molar-refractivity contribution < 1.29 is 4.74 Å². The Hall–Kier alpha value is -3.09. The van der Waals surface area contributed by atoms with E-state index < -0.39 is 0 Å². The number of nitrogens with one attached hydrogen (secondary N) is 1. The Balaban J connectivity index is 1.69. The normalized spacial score (nSPS) is 10.7. The molecule has 0 radical (unpaired) electrons. The van der Waals surface area contributed by atoms with Crippen LogP contribution in [0.3, 0.4) is 0 Å². The fourth-order valence-electron chi connectivity index (χ4n) is 2.54. The Bertz CT molecular complexity index is 1130. The van der Waals surface area contributed by atoms with Gasteiger partial charge < -0.3 is 15.8 Å². The van der Waals surface area contributed by atoms with Crippen LogP contribution < -0.4 is 15.8 Å². The van der Waals surface area contributed by atoms with Gasteiger partial charge in [0.25, 0.3) is 0 Å². The highest BCUT2D eigenvalue weighted by atomic mass is 35.5. The van der Waals surface area contributed by atoms with Gasteiger partial charge in [0.15, 0.2) is 11.6 Å². The number of nitrogens with two attached hydrogens (primary N) is 1. The monoisotopic (exact) mass is 397 g/mol. The molecule has 0 aliphatic heterocycles. The van der Waals surface area contributed by atoms with E-state index in [9.17, 15) is 0 Å². The molecule has 0 amide bonds. The number of nitrogens with zero attached hydrogens (tertiary/aromatic N) is 3. The van der Waals surface area contributed by atoms with Crippen LogP contribution in [-0.4, -0.2) is 15.0 Å². The lowest BCUT2D eigenvalue weighted by Gasteiger charge is -2.13. The van der Waals surface area contributed by atoms with Crippen molar-refractivity contribution in [2.24, 2.45) is 0 Å². The van der Waals surface area contributed by atoms with Crippen molar-refractivity contribution in [1.29, 1.82) is 0 Å². The second kappa shape index (κ2) is 7.26. The van der Waals surface area contributed by atoms with E-state index in [0.29, 0.717) is 32.8 Å². The third-order valence-electron chi connectivity index (χ3n) is 3.83. The number of aromatic nitrogens is 3. The first-order chi connectivity index (χ1) is 13.1. The van der Waals surface area contributed by atoms with E-state index in [1.807, 2.05) is 24.3 Å². The summed E-state index contributed by atoms with van der Waals surface area (Å²) >= 11 is 12.2. The Morgan fingerprint density at radius 3 is 2.70 bits per heavy atom. The van der Waals surface area contributed by atoms with Crippen molar-refractivity contribution in [3.63, 3.8) is 0 Å². The zero-order valence-electron chi connectivity index (χ0n) is 13.9. The third-order valence-corrected chi connectivity index (χ3v) is 4.40. The largest absolute Gasteiger partial charge is 0.435 e. The summed E-state index contributed by atoms with van der Waals surface area (Å²) in [6.07, 6.45) is 3.05. The number of pyridine rings is 1. The molecule has 27 heavy (non-hydrogen) atoms. The zero-order chi connectivity index (χ0) is 18.8. The van der Waals surface area contributed by atoms with Gasteiger partial charge in [0.05, 0.1) is 10.7 Å². The first kappa shape index (κ1) is 17.3. The molecule has 0 aliphatic rings. The molecule has 4 rings (SSSR count). The average molecular weight is 398 g/mol. The topological polar surface area (TPSA) is 86.0 Å². The summed E-state index contributed by atoms with van der Waals surface area (Å²) in [5, 5.41) is 5.03. The van der Waals surface area contributed by atoms with E-state index in [0.717, 1.165) is 5.39 Å². The fraction of sp³-hybridized carbons (Fsp3) is 0. The standard InChI is InChI=1S/C19H13Cl2N5O/c20-12-6-7-13(21)14(9-12)26-18-16(22)19(25-10-24-18)27-15-5-1-3-11-4-2-8-23-17(11)15/h1-10H,22H2,(H,24,25,26). The lowest BCUT2D eigenvalue weighted by Crippen LogP contribution is -2.03. The number of hydrogen-bond donors (Lipinski definition) is 2. The molecule has 2 heterocycles. The van der Waals surface area contributed by atoms with Gasteiger partial charge in [0.1, 0.15) is 17.5 Å². The molecule has 0 spiro atoms. The summed E-state index contributed by atoms with van der Waals surface area (Å²) in [4.78, 5) is 12.7. The van der Waals surface area contributed by atoms with Gasteiger partial charge in [0, 0.05) is 16.6 Å². The minimum atomic E-state index is 0.212. The molecule has 134 valence electrons. The van der Waals surface area contributed by atoms with Crippen LogP contribution in [0.25, 0.3) is 10.9 Å². The highest BCUT2D eigenvalue weighted by molar-refractivity contribution is 6.35. The minimum Gasteiger partial charge on any atom is -0.435 e. The third kappa shape index (κ3) is 3.58. The van der Waals surface area contributed by atoms with E-state index in [1.165, 1.54) is 6.33 Å². The number of anilines is 3. The van der Waals surface area contributed by atoms with E-state index in [2.05, 4.69) is 20.3 Å². The van der Waals surface area contributed by atoms with E-state index in [4.69, 9.17) is 33.7 Å². The van der Waals surface area contributed by atoms with Crippen molar-refractivity contribution in [3.05, 3.63) is 71.1 Å². The predicted octanol–water partition coefficient (Wildman–Crippen LogP) is 5.45. The molecule has 0 saturated heterocycles. The average Bonchev–Trinajstić information content (AvgIpc) is 2.68. The molecule has 0 aliphatic carbocycles. The summed E-state index contributed by atoms with van der Waals surface area (Å²) in [5.74, 6) is 1.12. The van der Waals surface area contributed by atoms with Crippen molar-refractivity contribution in [3.8, 4) is 11.6 Å². The van der Waals surface area contributed by atoms with Crippen LogP contribution in [-0.2, 0) is 0 Å². The molecule has 3 N–H and O–H groups in total. The first-order valence-corrected chi connectivity index (χ1v) is 8.71. The number of rotatable bonds is 4. The van der Waals surface area contributed by atoms with Gasteiger partial charge in [-0.25, -0.2) is 4.98 Å². The highest BCUT2D eigenvalue weighted by Gasteiger charge is 2.14. The Morgan fingerprint density at radius 2 is 1.81 bits per heavy atom. The summed E-state index contributed by atoms with van der Waals surface area (Å²) < 4.78 is 5.92. The van der Waals surface area contributed by atoms with Crippen molar-refractivity contribution in [1.82, 2.24) is 15.0 Å². The van der Waals surface area contributed by atoms with E-state index in [-0.39, 0.29) is 11.6 Å². The van der Waals surface area contributed by atoms with Gasteiger partial charge >= 0.3 is 0 Å². The molecule has 6 nitrogen and oxygen atoms in total. The second-order valence-electron chi connectivity index (χ2n) is 5.62. The van der Waals surface area contributed by atoms with Crippen LogP contribution >= 0.6 is 23.2 Å². The van der Waals surface area contributed by atoms with Gasteiger partial charge in [0.2, 0.25) is 5.88 Å². The van der Waals surface area contributed by atoms with Crippen LogP contribution in [0.5, 0.6) is 11.6 Å². The van der Waals surface area contributed by atoms with E-state index >= 15 is 0 Å². The van der Waals surface area contributed by atoms with Crippen molar-refractivity contribution in [2.75, 3.05) is 11.1 Å². The first-order valence-electron chi connectivity index (χ1n) is 7.96. The smallest absolute Gasteiger partial charge is 0.248 e. The summed E-state index contributed by atoms with van der Waals surface area (Å²) in [7, 11) is 0. The van der Waals surface area contributed by atoms with Crippen molar-refractivity contribution >= 4 is 51.3 Å². The summed E-state index contributed by atoms with van der Waals surface area (Å²) in [5.41, 5.74) is 7.73. The molecule has 8 heteroatoms. The molecular formula is C19H13Cl2N5O. The Labute approximate surface area is 164 Å². The number of para-hydroxylation sites is 1. The molecule has 2 aromatic carbocycles. The lowest BCUT2D eigenvalue weighted by atomic mass is 10.2. The zero-order valence-corrected chi connectivity index (χ0v) is 15.4. The van der Waals surface area contributed by atoms with Crippen LogP contribution in [0, 0.1) is 0 Å². The SMILES string of the molecule is Nc1c(Nc2cc(Cl)ccc2Cl)ncnc1Oc1cccc2cccnc12. The number of benzene rings is 2. The second-order valence-corrected chi connectivity index (χ2v) is 6.47. The van der Waals surface area contributed by atoms with Crippen LogP contribution in [0.1, 0.15) is 0 Å².